The molecule has 2 aromatic carbocycles. The Kier molecular flexibility index (Phi) is 4.90. The first-order valence-electron chi connectivity index (χ1n) is 7.82. The molecule has 0 spiro atoms. The highest BCUT2D eigenvalue weighted by atomic mass is 35.5. The van der Waals surface area contributed by atoms with Gasteiger partial charge in [0.2, 0.25) is 5.91 Å². The lowest BCUT2D eigenvalue weighted by molar-refractivity contribution is -0.117. The number of halogens is 2. The van der Waals surface area contributed by atoms with Crippen LogP contribution in [0.25, 0.3) is 0 Å². The van der Waals surface area contributed by atoms with Crippen molar-refractivity contribution in [2.24, 2.45) is 0 Å². The summed E-state index contributed by atoms with van der Waals surface area (Å²) in [7, 11) is 0. The van der Waals surface area contributed by atoms with E-state index >= 15 is 0 Å². The highest BCUT2D eigenvalue weighted by molar-refractivity contribution is 6.31. The van der Waals surface area contributed by atoms with Crippen molar-refractivity contribution in [1.82, 2.24) is 5.32 Å². The molecule has 5 nitrogen and oxygen atoms in total. The first kappa shape index (κ1) is 17.2. The van der Waals surface area contributed by atoms with E-state index in [1.54, 1.807) is 24.3 Å². The third kappa shape index (κ3) is 4.09. The predicted octanol–water partition coefficient (Wildman–Crippen LogP) is 3.71. The average molecular weight is 362 g/mol. The maximum atomic E-state index is 13.3. The summed E-state index contributed by atoms with van der Waals surface area (Å²) >= 11 is 5.94. The smallest absolute Gasteiger partial charge is 0.319 e. The van der Waals surface area contributed by atoms with Crippen LogP contribution in [0.2, 0.25) is 5.02 Å². The fourth-order valence-electron chi connectivity index (χ4n) is 2.77. The number of carbonyl (C=O) groups is 2. The topological polar surface area (TPSA) is 61.4 Å². The summed E-state index contributed by atoms with van der Waals surface area (Å²) in [5, 5.41) is 6.02. The highest BCUT2D eigenvalue weighted by Gasteiger charge is 2.31. The van der Waals surface area contributed by atoms with Crippen molar-refractivity contribution in [3.8, 4) is 0 Å². The van der Waals surface area contributed by atoms with Crippen molar-refractivity contribution in [2.45, 2.75) is 19.4 Å². The van der Waals surface area contributed by atoms with Gasteiger partial charge in [-0.15, -0.1) is 0 Å². The Balaban J connectivity index is 1.63. The normalized spacial score (nSPS) is 16.8. The van der Waals surface area contributed by atoms with Crippen molar-refractivity contribution in [2.75, 3.05) is 16.8 Å². The van der Waals surface area contributed by atoms with Crippen LogP contribution in [0.3, 0.4) is 0 Å². The number of nitrogens with zero attached hydrogens (tertiary/aromatic N) is 1. The van der Waals surface area contributed by atoms with Crippen LogP contribution < -0.4 is 15.5 Å². The first-order valence-corrected chi connectivity index (χ1v) is 8.20. The molecule has 7 heteroatoms. The zero-order valence-corrected chi connectivity index (χ0v) is 14.3. The third-order valence-corrected chi connectivity index (χ3v) is 4.26. The Morgan fingerprint density at radius 2 is 2.08 bits per heavy atom. The van der Waals surface area contributed by atoms with Gasteiger partial charge >= 0.3 is 6.03 Å². The number of urea groups is 1. The standard InChI is InChI=1S/C18H17ClFN3O2/c1-11-5-6-12(19)7-16(11)22-18(25)21-14-9-17(24)23(10-14)15-4-2-3-13(20)8-15/h2-8,14H,9-10H2,1H3,(H2,21,22,25). The molecule has 2 N–H and O–H groups in total. The summed E-state index contributed by atoms with van der Waals surface area (Å²) in [5.74, 6) is -0.564. The van der Waals surface area contributed by atoms with E-state index in [9.17, 15) is 14.0 Å². The maximum absolute atomic E-state index is 13.3. The molecule has 1 aliphatic heterocycles. The number of anilines is 2. The fraction of sp³-hybridized carbons (Fsp3) is 0.222. The summed E-state index contributed by atoms with van der Waals surface area (Å²) in [6, 6.07) is 10.3. The molecular weight excluding hydrogens is 345 g/mol. The number of amides is 3. The Bertz CT molecular complexity index is 828. The SMILES string of the molecule is Cc1ccc(Cl)cc1NC(=O)NC1CC(=O)N(c2cccc(F)c2)C1. The maximum Gasteiger partial charge on any atom is 0.319 e. The number of hydrogen-bond donors (Lipinski definition) is 2. The molecule has 0 aromatic heterocycles. The van der Waals surface area contributed by atoms with Gasteiger partial charge in [-0.05, 0) is 42.8 Å². The second-order valence-corrected chi connectivity index (χ2v) is 6.38. The summed E-state index contributed by atoms with van der Waals surface area (Å²) in [5.41, 5.74) is 1.97. The van der Waals surface area contributed by atoms with Crippen molar-refractivity contribution in [3.63, 3.8) is 0 Å². The molecule has 1 saturated heterocycles. The van der Waals surface area contributed by atoms with E-state index in [1.165, 1.54) is 17.0 Å². The van der Waals surface area contributed by atoms with Crippen LogP contribution in [-0.4, -0.2) is 24.5 Å². The van der Waals surface area contributed by atoms with Crippen LogP contribution in [0.15, 0.2) is 42.5 Å². The summed E-state index contributed by atoms with van der Waals surface area (Å²) in [6.45, 7) is 2.15. The van der Waals surface area contributed by atoms with Crippen LogP contribution in [0.1, 0.15) is 12.0 Å². The molecule has 0 aliphatic carbocycles. The number of benzene rings is 2. The summed E-state index contributed by atoms with van der Waals surface area (Å²) in [4.78, 5) is 25.8. The Morgan fingerprint density at radius 1 is 1.28 bits per heavy atom. The molecular formula is C18H17ClFN3O2. The minimum absolute atomic E-state index is 0.158. The summed E-state index contributed by atoms with van der Waals surface area (Å²) < 4.78 is 13.3. The van der Waals surface area contributed by atoms with Crippen molar-refractivity contribution in [1.29, 1.82) is 0 Å². The third-order valence-electron chi connectivity index (χ3n) is 4.03. The highest BCUT2D eigenvalue weighted by Crippen LogP contribution is 2.23. The molecule has 1 aliphatic rings. The molecule has 1 heterocycles. The number of carbonyl (C=O) groups excluding carboxylic acids is 2. The van der Waals surface area contributed by atoms with Crippen molar-refractivity contribution in [3.05, 3.63) is 58.9 Å². The molecule has 1 unspecified atom stereocenters. The van der Waals surface area contributed by atoms with Gasteiger partial charge in [0, 0.05) is 29.4 Å². The van der Waals surface area contributed by atoms with Crippen molar-refractivity contribution >= 4 is 34.9 Å². The van der Waals surface area contributed by atoms with Crippen LogP contribution in [0, 0.1) is 12.7 Å². The van der Waals surface area contributed by atoms with E-state index in [1.807, 2.05) is 13.0 Å². The van der Waals surface area contributed by atoms with Gasteiger partial charge < -0.3 is 15.5 Å². The van der Waals surface area contributed by atoms with E-state index in [4.69, 9.17) is 11.6 Å². The fourth-order valence-corrected chi connectivity index (χ4v) is 2.94. The zero-order chi connectivity index (χ0) is 18.0. The lowest BCUT2D eigenvalue weighted by atomic mass is 10.2. The molecule has 0 bridgehead atoms. The van der Waals surface area contributed by atoms with E-state index < -0.39 is 11.8 Å². The monoisotopic (exact) mass is 361 g/mol. The minimum Gasteiger partial charge on any atom is -0.333 e. The van der Waals surface area contributed by atoms with Crippen LogP contribution in [-0.2, 0) is 4.79 Å². The van der Waals surface area contributed by atoms with E-state index in [2.05, 4.69) is 10.6 Å². The largest absolute Gasteiger partial charge is 0.333 e. The number of hydrogen-bond acceptors (Lipinski definition) is 2. The van der Waals surface area contributed by atoms with Gasteiger partial charge in [0.1, 0.15) is 5.82 Å². The number of rotatable bonds is 3. The molecule has 0 saturated carbocycles. The van der Waals surface area contributed by atoms with Gasteiger partial charge in [-0.2, -0.15) is 0 Å². The summed E-state index contributed by atoms with van der Waals surface area (Å²) in [6.07, 6.45) is 0.165. The van der Waals surface area contributed by atoms with Gasteiger partial charge in [-0.3, -0.25) is 4.79 Å². The average Bonchev–Trinajstić information content (AvgIpc) is 2.91. The Hall–Kier alpha value is -2.60. The first-order chi connectivity index (χ1) is 11.9. The molecule has 0 radical (unpaired) electrons. The molecule has 25 heavy (non-hydrogen) atoms. The molecule has 3 rings (SSSR count). The van der Waals surface area contributed by atoms with Gasteiger partial charge in [0.05, 0.1) is 6.04 Å². The minimum atomic E-state index is -0.413. The second kappa shape index (κ2) is 7.11. The number of aryl methyl sites for hydroxylation is 1. The zero-order valence-electron chi connectivity index (χ0n) is 13.6. The van der Waals surface area contributed by atoms with Crippen molar-refractivity contribution < 1.29 is 14.0 Å². The Morgan fingerprint density at radius 3 is 2.84 bits per heavy atom. The van der Waals surface area contributed by atoms with Gasteiger partial charge in [-0.25, -0.2) is 9.18 Å². The number of nitrogens with one attached hydrogen (secondary N) is 2. The van der Waals surface area contributed by atoms with Crippen LogP contribution in [0.5, 0.6) is 0 Å². The van der Waals surface area contributed by atoms with Gasteiger partial charge in [0.15, 0.2) is 0 Å². The van der Waals surface area contributed by atoms with Gasteiger partial charge in [0.25, 0.3) is 0 Å². The van der Waals surface area contributed by atoms with Crippen LogP contribution >= 0.6 is 11.6 Å². The molecule has 1 atom stereocenters. The van der Waals surface area contributed by atoms with E-state index in [0.717, 1.165) is 5.56 Å². The lowest BCUT2D eigenvalue weighted by Crippen LogP contribution is -2.39. The quantitative estimate of drug-likeness (QED) is 0.875. The van der Waals surface area contributed by atoms with E-state index in [0.29, 0.717) is 22.9 Å². The lowest BCUT2D eigenvalue weighted by Gasteiger charge is -2.18. The molecule has 2 aromatic rings. The van der Waals surface area contributed by atoms with E-state index in [-0.39, 0.29) is 18.4 Å². The Labute approximate surface area is 149 Å². The van der Waals surface area contributed by atoms with Gasteiger partial charge in [-0.1, -0.05) is 23.7 Å². The molecule has 1 fully saturated rings. The van der Waals surface area contributed by atoms with Crippen LogP contribution in [0.4, 0.5) is 20.6 Å². The second-order valence-electron chi connectivity index (χ2n) is 5.94. The molecule has 3 amide bonds. The predicted molar refractivity (Wildman–Crippen MR) is 95.5 cm³/mol. The molecule has 130 valence electrons.